The van der Waals surface area contributed by atoms with Gasteiger partial charge in [-0.3, -0.25) is 9.79 Å². The van der Waals surface area contributed by atoms with E-state index in [-0.39, 0.29) is 30.9 Å². The van der Waals surface area contributed by atoms with E-state index in [0.717, 1.165) is 12.6 Å². The number of hydrogen-bond acceptors (Lipinski definition) is 7. The fourth-order valence-corrected chi connectivity index (χ4v) is 5.27. The lowest BCUT2D eigenvalue weighted by atomic mass is 9.81. The lowest BCUT2D eigenvalue weighted by Crippen LogP contribution is -2.37. The molecule has 3 N–H and O–H groups in total. The summed E-state index contributed by atoms with van der Waals surface area (Å²) in [6.07, 6.45) is 2.16. The number of hydrogen-bond donors (Lipinski definition) is 2. The summed E-state index contributed by atoms with van der Waals surface area (Å²) in [6.45, 7) is -2.99. The van der Waals surface area contributed by atoms with Gasteiger partial charge in [0, 0.05) is 36.5 Å². The van der Waals surface area contributed by atoms with Crippen LogP contribution >= 0.6 is 11.8 Å². The number of amides is 1. The van der Waals surface area contributed by atoms with Crippen molar-refractivity contribution in [1.29, 1.82) is 0 Å². The summed E-state index contributed by atoms with van der Waals surface area (Å²) in [6, 6.07) is 6.74. The second-order valence-corrected chi connectivity index (χ2v) is 8.63. The first-order valence-electron chi connectivity index (χ1n) is 9.84. The highest BCUT2D eigenvalue weighted by atomic mass is 32.2. The van der Waals surface area contributed by atoms with E-state index in [4.69, 9.17) is 10.5 Å². The van der Waals surface area contributed by atoms with Crippen LogP contribution in [-0.4, -0.2) is 41.6 Å². The predicted molar refractivity (Wildman–Crippen MR) is 121 cm³/mol. The lowest BCUT2D eigenvalue weighted by molar-refractivity contribution is -0.0500. The summed E-state index contributed by atoms with van der Waals surface area (Å²) in [4.78, 5) is 21.1. The molecule has 11 heteroatoms. The molecule has 1 saturated carbocycles. The fourth-order valence-electron chi connectivity index (χ4n) is 4.25. The lowest BCUT2D eigenvalue weighted by Gasteiger charge is -2.36. The molecular weight excluding hydrogens is 457 g/mol. The molecule has 2 aliphatic rings. The van der Waals surface area contributed by atoms with Crippen LogP contribution in [-0.2, 0) is 10.3 Å². The zero-order valence-electron chi connectivity index (χ0n) is 17.1. The van der Waals surface area contributed by atoms with E-state index >= 15 is 0 Å². The number of alkyl halides is 2. The Morgan fingerprint density at radius 3 is 2.79 bits per heavy atom. The van der Waals surface area contributed by atoms with Crippen molar-refractivity contribution in [3.63, 3.8) is 0 Å². The van der Waals surface area contributed by atoms with Crippen LogP contribution < -0.4 is 15.8 Å². The van der Waals surface area contributed by atoms with E-state index in [1.165, 1.54) is 36.0 Å². The van der Waals surface area contributed by atoms with Gasteiger partial charge in [-0.25, -0.2) is 9.37 Å². The van der Waals surface area contributed by atoms with Crippen LogP contribution in [0.25, 0.3) is 0 Å². The number of ether oxygens (including phenoxy) is 2. The monoisotopic (exact) mass is 482 g/mol. The Hall–Kier alpha value is -2.79. The molecule has 1 aliphatic carbocycles. The van der Waals surface area contributed by atoms with Gasteiger partial charge in [-0.2, -0.15) is 8.78 Å². The maximum atomic E-state index is 15.0. The van der Waals surface area contributed by atoms with Crippen molar-refractivity contribution in [3.8, 4) is 5.75 Å². The molecule has 7 nitrogen and oxygen atoms in total. The van der Waals surface area contributed by atoms with Gasteiger partial charge in [0.15, 0.2) is 5.17 Å². The number of anilines is 1. The zero-order valence-corrected chi connectivity index (χ0v) is 17.9. The quantitative estimate of drug-likeness (QED) is 0.634. The number of aromatic nitrogens is 1. The van der Waals surface area contributed by atoms with E-state index in [2.05, 4.69) is 20.0 Å². The zero-order chi connectivity index (χ0) is 22.9. The van der Waals surface area contributed by atoms with Crippen molar-refractivity contribution >= 4 is 28.5 Å². The number of methoxy groups -OCH3 is 1. The number of carbonyl (C=O) groups is 1. The maximum Gasteiger partial charge on any atom is 0.387 e. The molecule has 0 radical (unpaired) electrons. The van der Waals surface area contributed by atoms with Crippen LogP contribution in [0, 0.1) is 11.7 Å². The molecule has 0 spiro atoms. The van der Waals surface area contributed by atoms with Crippen molar-refractivity contribution in [1.82, 2.24) is 4.98 Å². The third-order valence-corrected chi connectivity index (χ3v) is 6.68. The van der Waals surface area contributed by atoms with Crippen LogP contribution in [0.3, 0.4) is 0 Å². The van der Waals surface area contributed by atoms with Gasteiger partial charge in [-0.05, 0) is 36.8 Å². The number of fused-ring (bicyclic) bond motifs is 1. The topological polar surface area (TPSA) is 98.8 Å². The van der Waals surface area contributed by atoms with Gasteiger partial charge in [0.25, 0.3) is 5.91 Å². The largest absolute Gasteiger partial charge is 0.433 e. The average molecular weight is 483 g/mol. The molecule has 1 aromatic heterocycles. The van der Waals surface area contributed by atoms with Gasteiger partial charge in [0.1, 0.15) is 17.3 Å². The van der Waals surface area contributed by atoms with Gasteiger partial charge in [0.05, 0.1) is 17.8 Å². The first-order chi connectivity index (χ1) is 15.3. The van der Waals surface area contributed by atoms with Crippen LogP contribution in [0.5, 0.6) is 5.75 Å². The Balaban J connectivity index is 0.00000306. The molecule has 33 heavy (non-hydrogen) atoms. The number of pyridine rings is 1. The molecule has 0 unspecified atom stereocenters. The Bertz CT molecular complexity index is 1040. The minimum Gasteiger partial charge on any atom is -0.433 e. The van der Waals surface area contributed by atoms with E-state index in [1.807, 2.05) is 0 Å². The van der Waals surface area contributed by atoms with Gasteiger partial charge in [0.2, 0.25) is 0 Å². The molecular formula is C22H25F3N4O3S. The van der Waals surface area contributed by atoms with Crippen LogP contribution in [0.4, 0.5) is 18.9 Å². The number of halogens is 3. The Morgan fingerprint density at radius 2 is 2.12 bits per heavy atom. The molecule has 2 heterocycles. The van der Waals surface area contributed by atoms with E-state index in [1.54, 1.807) is 13.2 Å². The second-order valence-electron chi connectivity index (χ2n) is 7.59. The van der Waals surface area contributed by atoms with Crippen LogP contribution in [0.15, 0.2) is 41.5 Å². The van der Waals surface area contributed by atoms with Crippen LogP contribution in [0.2, 0.25) is 0 Å². The van der Waals surface area contributed by atoms with Crippen molar-refractivity contribution in [2.45, 2.75) is 38.5 Å². The number of aliphatic imine (C=N–C) groups is 1. The highest BCUT2D eigenvalue weighted by molar-refractivity contribution is 8.13. The Kier molecular flexibility index (Phi) is 7.53. The highest BCUT2D eigenvalue weighted by Gasteiger charge is 2.52. The Morgan fingerprint density at radius 1 is 1.33 bits per heavy atom. The van der Waals surface area contributed by atoms with Gasteiger partial charge in [-0.15, -0.1) is 0 Å². The molecule has 4 rings (SSSR count). The standard InChI is InChI=1S/C21H21F3N4O3S.CH4/c1-30-14-6-11-10-32-20(25)28-21(11,8-14)15-7-12(2-4-16(15)22)27-18(29)17-5-3-13(9-26-17)31-19(23)24;/h2-5,7,9,11,14,19H,6,8,10H2,1H3,(H2,25,28)(H,27,29);1H4/t11-,14+,21-;/m0./s1. The Labute approximate surface area is 194 Å². The second kappa shape index (κ2) is 10.0. The van der Waals surface area contributed by atoms with Crippen molar-refractivity contribution in [3.05, 3.63) is 53.6 Å². The van der Waals surface area contributed by atoms with Crippen LogP contribution in [0.1, 0.15) is 36.3 Å². The first kappa shape index (κ1) is 24.8. The molecule has 1 aliphatic heterocycles. The minimum atomic E-state index is -2.99. The van der Waals surface area contributed by atoms with E-state index in [9.17, 15) is 18.0 Å². The number of nitrogens with one attached hydrogen (secondary N) is 1. The smallest absolute Gasteiger partial charge is 0.387 e. The molecule has 1 aromatic carbocycles. The molecule has 0 saturated heterocycles. The molecule has 3 atom stereocenters. The third-order valence-electron chi connectivity index (χ3n) is 5.72. The molecule has 0 bridgehead atoms. The normalized spacial score (nSPS) is 24.0. The van der Waals surface area contributed by atoms with Crippen molar-refractivity contribution < 1.29 is 27.4 Å². The highest BCUT2D eigenvalue weighted by Crippen LogP contribution is 2.52. The number of rotatable bonds is 6. The first-order valence-corrected chi connectivity index (χ1v) is 10.8. The summed E-state index contributed by atoms with van der Waals surface area (Å²) in [5.41, 5.74) is 5.82. The maximum absolute atomic E-state index is 15.0. The summed E-state index contributed by atoms with van der Waals surface area (Å²) in [5, 5.41) is 3.06. The fraction of sp³-hybridized carbons (Fsp3) is 0.409. The summed E-state index contributed by atoms with van der Waals surface area (Å²) in [7, 11) is 1.62. The number of thioether (sulfide) groups is 1. The van der Waals surface area contributed by atoms with Gasteiger partial charge in [-0.1, -0.05) is 19.2 Å². The molecule has 1 fully saturated rings. The summed E-state index contributed by atoms with van der Waals surface area (Å²) < 4.78 is 49.3. The SMILES string of the molecule is C.CO[C@@H]1C[C@H]2CSC(N)=N[C@@]2(c2cc(NC(=O)c3ccc(OC(F)F)cn3)ccc2F)C1. The van der Waals surface area contributed by atoms with Gasteiger partial charge < -0.3 is 20.5 Å². The predicted octanol–water partition coefficient (Wildman–Crippen LogP) is 4.39. The number of nitrogens with zero attached hydrogens (tertiary/aromatic N) is 2. The number of nitrogens with two attached hydrogens (primary N) is 1. The number of benzene rings is 1. The summed E-state index contributed by atoms with van der Waals surface area (Å²) in [5.74, 6) is -0.453. The van der Waals surface area contributed by atoms with E-state index in [0.29, 0.717) is 28.6 Å². The number of carbonyl (C=O) groups excluding carboxylic acids is 1. The third kappa shape index (κ3) is 5.09. The van der Waals surface area contributed by atoms with Crippen molar-refractivity contribution in [2.24, 2.45) is 16.6 Å². The molecule has 1 amide bonds. The van der Waals surface area contributed by atoms with E-state index < -0.39 is 23.9 Å². The molecule has 178 valence electrons. The molecule has 2 aromatic rings. The number of amidine groups is 1. The average Bonchev–Trinajstić information content (AvgIpc) is 3.14. The van der Waals surface area contributed by atoms with Crippen molar-refractivity contribution in [2.75, 3.05) is 18.2 Å². The summed E-state index contributed by atoms with van der Waals surface area (Å²) >= 11 is 1.44. The minimum absolute atomic E-state index is 0. The van der Waals surface area contributed by atoms with Gasteiger partial charge >= 0.3 is 6.61 Å².